The van der Waals surface area contributed by atoms with Crippen LogP contribution in [0.3, 0.4) is 0 Å². The molecular formula is C18H24N4O3. The lowest BCUT2D eigenvalue weighted by Crippen LogP contribution is -2.39. The van der Waals surface area contributed by atoms with Crippen molar-refractivity contribution in [2.24, 2.45) is 5.92 Å². The van der Waals surface area contributed by atoms with Crippen LogP contribution in [0.2, 0.25) is 0 Å². The molecule has 1 aliphatic rings. The highest BCUT2D eigenvalue weighted by atomic mass is 16.5. The summed E-state index contributed by atoms with van der Waals surface area (Å²) in [5.74, 6) is 2.04. The molecule has 25 heavy (non-hydrogen) atoms. The molecule has 0 bridgehead atoms. The van der Waals surface area contributed by atoms with E-state index in [-0.39, 0.29) is 11.8 Å². The maximum Gasteiger partial charge on any atom is 0.259 e. The van der Waals surface area contributed by atoms with Crippen LogP contribution in [-0.4, -0.2) is 45.6 Å². The fourth-order valence-corrected chi connectivity index (χ4v) is 2.94. The van der Waals surface area contributed by atoms with Gasteiger partial charge in [0.05, 0.1) is 6.61 Å². The Labute approximate surface area is 147 Å². The number of ether oxygens (including phenoxy) is 1. The monoisotopic (exact) mass is 344 g/mol. The maximum atomic E-state index is 13.0. The minimum atomic E-state index is -0.0585. The van der Waals surface area contributed by atoms with E-state index in [1.54, 1.807) is 25.3 Å². The fraction of sp³-hybridized carbons (Fsp3) is 0.556. The van der Waals surface area contributed by atoms with Gasteiger partial charge in [0.2, 0.25) is 11.8 Å². The number of piperidine rings is 1. The topological polar surface area (TPSA) is 81.4 Å². The van der Waals surface area contributed by atoms with E-state index in [4.69, 9.17) is 9.26 Å². The summed E-state index contributed by atoms with van der Waals surface area (Å²) in [4.78, 5) is 23.4. The van der Waals surface area contributed by atoms with Crippen molar-refractivity contribution in [1.82, 2.24) is 20.0 Å². The van der Waals surface area contributed by atoms with E-state index in [1.165, 1.54) is 0 Å². The predicted octanol–water partition coefficient (Wildman–Crippen LogP) is 2.83. The van der Waals surface area contributed by atoms with Gasteiger partial charge < -0.3 is 14.2 Å². The lowest BCUT2D eigenvalue weighted by Gasteiger charge is -2.31. The van der Waals surface area contributed by atoms with Crippen LogP contribution in [-0.2, 0) is 0 Å². The third-order valence-corrected chi connectivity index (χ3v) is 4.17. The zero-order valence-electron chi connectivity index (χ0n) is 14.9. The van der Waals surface area contributed by atoms with Gasteiger partial charge in [0, 0.05) is 32.1 Å². The van der Waals surface area contributed by atoms with E-state index in [0.717, 1.165) is 12.8 Å². The summed E-state index contributed by atoms with van der Waals surface area (Å²) in [6.45, 7) is 7.72. The molecule has 3 heterocycles. The van der Waals surface area contributed by atoms with Crippen molar-refractivity contribution < 1.29 is 14.1 Å². The van der Waals surface area contributed by atoms with Gasteiger partial charge in [0.15, 0.2) is 5.82 Å². The van der Waals surface area contributed by atoms with Gasteiger partial charge in [-0.25, -0.2) is 4.98 Å². The molecule has 7 nitrogen and oxygen atoms in total. The van der Waals surface area contributed by atoms with Crippen molar-refractivity contribution >= 4 is 5.91 Å². The number of carbonyl (C=O) groups excluding carboxylic acids is 1. The molecule has 0 aliphatic carbocycles. The molecule has 0 N–H and O–H groups in total. The van der Waals surface area contributed by atoms with Gasteiger partial charge in [0.1, 0.15) is 5.56 Å². The Morgan fingerprint density at radius 1 is 1.48 bits per heavy atom. The number of rotatable bonds is 5. The molecule has 2 aromatic heterocycles. The molecule has 0 saturated carbocycles. The quantitative estimate of drug-likeness (QED) is 0.829. The largest absolute Gasteiger partial charge is 0.477 e. The number of nitrogens with zero attached hydrogens (tertiary/aromatic N) is 4. The SMILES string of the molecule is Cc1nc([C@@H]2CCCN(C(=O)c3cccnc3OCC(C)C)C2)no1. The summed E-state index contributed by atoms with van der Waals surface area (Å²) in [5, 5.41) is 4.01. The van der Waals surface area contributed by atoms with Gasteiger partial charge in [-0.3, -0.25) is 4.79 Å². The lowest BCUT2D eigenvalue weighted by molar-refractivity contribution is 0.0697. The summed E-state index contributed by atoms with van der Waals surface area (Å²) in [6.07, 6.45) is 3.51. The molecule has 3 rings (SSSR count). The second-order valence-corrected chi connectivity index (χ2v) is 6.82. The molecule has 0 spiro atoms. The van der Waals surface area contributed by atoms with Crippen LogP contribution < -0.4 is 4.74 Å². The van der Waals surface area contributed by atoms with Gasteiger partial charge >= 0.3 is 0 Å². The third-order valence-electron chi connectivity index (χ3n) is 4.17. The molecule has 0 radical (unpaired) electrons. The number of likely N-dealkylation sites (tertiary alicyclic amines) is 1. The number of pyridine rings is 1. The number of hydrogen-bond acceptors (Lipinski definition) is 6. The summed E-state index contributed by atoms with van der Waals surface area (Å²) < 4.78 is 10.8. The smallest absolute Gasteiger partial charge is 0.259 e. The minimum Gasteiger partial charge on any atom is -0.477 e. The highest BCUT2D eigenvalue weighted by Gasteiger charge is 2.29. The number of amides is 1. The summed E-state index contributed by atoms with van der Waals surface area (Å²) in [7, 11) is 0. The van der Waals surface area contributed by atoms with Crippen LogP contribution in [0.25, 0.3) is 0 Å². The molecule has 0 unspecified atom stereocenters. The van der Waals surface area contributed by atoms with Crippen LogP contribution in [0.1, 0.15) is 54.7 Å². The second kappa shape index (κ2) is 7.63. The number of aromatic nitrogens is 3. The van der Waals surface area contributed by atoms with Gasteiger partial charge in [-0.05, 0) is 30.9 Å². The van der Waals surface area contributed by atoms with E-state index in [9.17, 15) is 4.79 Å². The fourth-order valence-electron chi connectivity index (χ4n) is 2.94. The van der Waals surface area contributed by atoms with Gasteiger partial charge in [-0.1, -0.05) is 19.0 Å². The van der Waals surface area contributed by atoms with Crippen molar-refractivity contribution in [3.05, 3.63) is 35.6 Å². The van der Waals surface area contributed by atoms with Crippen molar-refractivity contribution in [2.45, 2.75) is 39.5 Å². The van der Waals surface area contributed by atoms with Gasteiger partial charge in [-0.15, -0.1) is 0 Å². The average molecular weight is 344 g/mol. The summed E-state index contributed by atoms with van der Waals surface area (Å²) >= 11 is 0. The van der Waals surface area contributed by atoms with E-state index in [1.807, 2.05) is 4.90 Å². The Bertz CT molecular complexity index is 729. The maximum absolute atomic E-state index is 13.0. The van der Waals surface area contributed by atoms with Crippen molar-refractivity contribution in [1.29, 1.82) is 0 Å². The van der Waals surface area contributed by atoms with Crippen molar-refractivity contribution in [2.75, 3.05) is 19.7 Å². The molecule has 2 aromatic rings. The summed E-state index contributed by atoms with van der Waals surface area (Å²) in [5.41, 5.74) is 0.507. The van der Waals surface area contributed by atoms with Crippen LogP contribution >= 0.6 is 0 Å². The first-order chi connectivity index (χ1) is 12.0. The predicted molar refractivity (Wildman–Crippen MR) is 91.5 cm³/mol. The lowest BCUT2D eigenvalue weighted by atomic mass is 9.97. The van der Waals surface area contributed by atoms with E-state index < -0.39 is 0 Å². The molecule has 1 aliphatic heterocycles. The first-order valence-electron chi connectivity index (χ1n) is 8.72. The Kier molecular flexibility index (Phi) is 5.31. The zero-order valence-corrected chi connectivity index (χ0v) is 14.9. The molecular weight excluding hydrogens is 320 g/mol. The summed E-state index contributed by atoms with van der Waals surface area (Å²) in [6, 6.07) is 3.53. The van der Waals surface area contributed by atoms with Gasteiger partial charge in [0.25, 0.3) is 5.91 Å². The van der Waals surface area contributed by atoms with Crippen molar-refractivity contribution in [3.63, 3.8) is 0 Å². The van der Waals surface area contributed by atoms with Gasteiger partial charge in [-0.2, -0.15) is 4.98 Å². The average Bonchev–Trinajstić information content (AvgIpc) is 3.06. The van der Waals surface area contributed by atoms with Crippen LogP contribution in [0.15, 0.2) is 22.9 Å². The Morgan fingerprint density at radius 3 is 3.04 bits per heavy atom. The minimum absolute atomic E-state index is 0.0585. The van der Waals surface area contributed by atoms with Crippen LogP contribution in [0.5, 0.6) is 5.88 Å². The second-order valence-electron chi connectivity index (χ2n) is 6.82. The van der Waals surface area contributed by atoms with Crippen LogP contribution in [0.4, 0.5) is 0 Å². The highest BCUT2D eigenvalue weighted by molar-refractivity contribution is 5.96. The Hall–Kier alpha value is -2.44. The third kappa shape index (κ3) is 4.15. The van der Waals surface area contributed by atoms with E-state index >= 15 is 0 Å². The molecule has 1 saturated heterocycles. The molecule has 1 fully saturated rings. The molecule has 1 atom stereocenters. The Morgan fingerprint density at radius 2 is 2.32 bits per heavy atom. The normalized spacial score (nSPS) is 17.8. The Balaban J connectivity index is 1.74. The van der Waals surface area contributed by atoms with E-state index in [2.05, 4.69) is 29.0 Å². The van der Waals surface area contributed by atoms with E-state index in [0.29, 0.717) is 48.8 Å². The number of carbonyl (C=O) groups is 1. The van der Waals surface area contributed by atoms with Crippen LogP contribution in [0, 0.1) is 12.8 Å². The number of hydrogen-bond donors (Lipinski definition) is 0. The molecule has 1 amide bonds. The molecule has 7 heteroatoms. The highest BCUT2D eigenvalue weighted by Crippen LogP contribution is 2.27. The standard InChI is InChI=1S/C18H24N4O3/c1-12(2)11-24-17-15(7-4-8-19-17)18(23)22-9-5-6-14(10-22)16-20-13(3)25-21-16/h4,7-8,12,14H,5-6,9-11H2,1-3H3/t14-/m1/s1. The van der Waals surface area contributed by atoms with Crippen molar-refractivity contribution in [3.8, 4) is 5.88 Å². The first kappa shape index (κ1) is 17.4. The first-order valence-corrected chi connectivity index (χ1v) is 8.72. The zero-order chi connectivity index (χ0) is 17.8. The number of aryl methyl sites for hydroxylation is 1. The molecule has 0 aromatic carbocycles. The molecule has 134 valence electrons.